The molecule has 0 aliphatic rings. The molecule has 0 radical (unpaired) electrons. The Morgan fingerprint density at radius 3 is 2.67 bits per heavy atom. The quantitative estimate of drug-likeness (QED) is 0.900. The van der Waals surface area contributed by atoms with Crippen LogP contribution in [0.1, 0.15) is 28.9 Å². The lowest BCUT2D eigenvalue weighted by molar-refractivity contribution is 0.0939. The third kappa shape index (κ3) is 3.82. The van der Waals surface area contributed by atoms with Crippen molar-refractivity contribution in [3.63, 3.8) is 0 Å². The van der Waals surface area contributed by atoms with Crippen LogP contribution in [0.5, 0.6) is 5.75 Å². The van der Waals surface area contributed by atoms with E-state index < -0.39 is 5.82 Å². The first-order chi connectivity index (χ1) is 10.0. The number of hydrogen-bond acceptors (Lipinski definition) is 2. The second kappa shape index (κ2) is 6.72. The predicted octanol–water partition coefficient (Wildman–Crippen LogP) is 4.09. The summed E-state index contributed by atoms with van der Waals surface area (Å²) in [6.45, 7) is 1.80. The molecule has 2 aromatic carbocycles. The van der Waals surface area contributed by atoms with Crippen LogP contribution >= 0.6 is 15.9 Å². The standard InChI is InChI=1S/C16H15BrFNO2/c1-10(11-6-7-15(21-2)14(18)9-11)19-16(20)12-4-3-5-13(17)8-12/h3-10H,1-2H3,(H,19,20)/t10-/m1/s1. The third-order valence-electron chi connectivity index (χ3n) is 3.11. The largest absolute Gasteiger partial charge is 0.494 e. The highest BCUT2D eigenvalue weighted by atomic mass is 79.9. The molecule has 0 heterocycles. The molecule has 0 saturated heterocycles. The van der Waals surface area contributed by atoms with Crippen molar-refractivity contribution >= 4 is 21.8 Å². The SMILES string of the molecule is COc1ccc([C@@H](C)NC(=O)c2cccc(Br)c2)cc1F. The number of hydrogen-bond donors (Lipinski definition) is 1. The molecule has 1 atom stereocenters. The van der Waals surface area contributed by atoms with Crippen LogP contribution in [0.15, 0.2) is 46.9 Å². The lowest BCUT2D eigenvalue weighted by Gasteiger charge is -2.15. The number of amides is 1. The summed E-state index contributed by atoms with van der Waals surface area (Å²) in [6.07, 6.45) is 0. The molecule has 0 saturated carbocycles. The van der Waals surface area contributed by atoms with Gasteiger partial charge in [-0.1, -0.05) is 28.1 Å². The summed E-state index contributed by atoms with van der Waals surface area (Å²) in [5.41, 5.74) is 1.22. The molecule has 0 aromatic heterocycles. The molecule has 0 fully saturated rings. The van der Waals surface area contributed by atoms with Gasteiger partial charge in [0.2, 0.25) is 0 Å². The molecule has 5 heteroatoms. The van der Waals surface area contributed by atoms with Crippen LogP contribution in [0.4, 0.5) is 4.39 Å². The fourth-order valence-electron chi connectivity index (χ4n) is 1.94. The zero-order chi connectivity index (χ0) is 15.4. The van der Waals surface area contributed by atoms with Crippen molar-refractivity contribution in [2.75, 3.05) is 7.11 Å². The Kier molecular flexibility index (Phi) is 4.96. The minimum atomic E-state index is -0.446. The lowest BCUT2D eigenvalue weighted by atomic mass is 10.1. The van der Waals surface area contributed by atoms with Gasteiger partial charge in [0, 0.05) is 10.0 Å². The highest BCUT2D eigenvalue weighted by Crippen LogP contribution is 2.22. The monoisotopic (exact) mass is 351 g/mol. The second-order valence-corrected chi connectivity index (χ2v) is 5.52. The maximum atomic E-state index is 13.7. The van der Waals surface area contributed by atoms with Gasteiger partial charge >= 0.3 is 0 Å². The molecular weight excluding hydrogens is 337 g/mol. The summed E-state index contributed by atoms with van der Waals surface area (Å²) in [6, 6.07) is 11.4. The van der Waals surface area contributed by atoms with Gasteiger partial charge in [0.05, 0.1) is 13.2 Å². The maximum Gasteiger partial charge on any atom is 0.251 e. The molecule has 21 heavy (non-hydrogen) atoms. The number of ether oxygens (including phenoxy) is 1. The highest BCUT2D eigenvalue weighted by molar-refractivity contribution is 9.10. The van der Waals surface area contributed by atoms with Gasteiger partial charge in [-0.25, -0.2) is 4.39 Å². The first kappa shape index (κ1) is 15.5. The average molecular weight is 352 g/mol. The fraction of sp³-hybridized carbons (Fsp3) is 0.188. The minimum absolute atomic E-state index is 0.185. The van der Waals surface area contributed by atoms with Gasteiger partial charge in [-0.3, -0.25) is 4.79 Å². The van der Waals surface area contributed by atoms with Gasteiger partial charge in [0.1, 0.15) is 0 Å². The van der Waals surface area contributed by atoms with Crippen molar-refractivity contribution < 1.29 is 13.9 Å². The maximum absolute atomic E-state index is 13.7. The van der Waals surface area contributed by atoms with E-state index in [1.165, 1.54) is 13.2 Å². The van der Waals surface area contributed by atoms with Crippen molar-refractivity contribution in [1.82, 2.24) is 5.32 Å². The van der Waals surface area contributed by atoms with Gasteiger partial charge in [0.25, 0.3) is 5.91 Å². The minimum Gasteiger partial charge on any atom is -0.494 e. The van der Waals surface area contributed by atoms with E-state index in [2.05, 4.69) is 21.2 Å². The molecule has 0 aliphatic carbocycles. The summed E-state index contributed by atoms with van der Waals surface area (Å²) in [5, 5.41) is 2.84. The van der Waals surface area contributed by atoms with Crippen molar-refractivity contribution in [2.24, 2.45) is 0 Å². The number of rotatable bonds is 4. The van der Waals surface area contributed by atoms with E-state index in [4.69, 9.17) is 4.74 Å². The third-order valence-corrected chi connectivity index (χ3v) is 3.60. The van der Waals surface area contributed by atoms with E-state index in [-0.39, 0.29) is 17.7 Å². The Balaban J connectivity index is 2.12. The molecule has 2 aromatic rings. The topological polar surface area (TPSA) is 38.3 Å². The average Bonchev–Trinajstić information content (AvgIpc) is 2.47. The van der Waals surface area contributed by atoms with Gasteiger partial charge < -0.3 is 10.1 Å². The van der Waals surface area contributed by atoms with E-state index >= 15 is 0 Å². The molecule has 0 spiro atoms. The highest BCUT2D eigenvalue weighted by Gasteiger charge is 2.13. The van der Waals surface area contributed by atoms with Crippen molar-refractivity contribution in [2.45, 2.75) is 13.0 Å². The number of methoxy groups -OCH3 is 1. The van der Waals surface area contributed by atoms with Gasteiger partial charge in [-0.05, 0) is 42.8 Å². The number of carbonyl (C=O) groups is 1. The zero-order valence-corrected chi connectivity index (χ0v) is 13.3. The summed E-state index contributed by atoms with van der Waals surface area (Å²) >= 11 is 3.32. The molecular formula is C16H15BrFNO2. The van der Waals surface area contributed by atoms with E-state index in [9.17, 15) is 9.18 Å². The first-order valence-electron chi connectivity index (χ1n) is 6.41. The van der Waals surface area contributed by atoms with Crippen LogP contribution in [0.25, 0.3) is 0 Å². The molecule has 110 valence electrons. The van der Waals surface area contributed by atoms with Gasteiger partial charge in [0.15, 0.2) is 11.6 Å². The number of carbonyl (C=O) groups excluding carboxylic acids is 1. The Bertz CT molecular complexity index is 660. The van der Waals surface area contributed by atoms with Crippen molar-refractivity contribution in [3.05, 3.63) is 63.9 Å². The first-order valence-corrected chi connectivity index (χ1v) is 7.20. The number of halogens is 2. The zero-order valence-electron chi connectivity index (χ0n) is 11.7. The van der Waals surface area contributed by atoms with E-state index in [1.54, 1.807) is 37.3 Å². The lowest BCUT2D eigenvalue weighted by Crippen LogP contribution is -2.26. The fourth-order valence-corrected chi connectivity index (χ4v) is 2.34. The molecule has 1 N–H and O–H groups in total. The molecule has 1 amide bonds. The summed E-state index contributed by atoms with van der Waals surface area (Å²) in [4.78, 5) is 12.1. The Morgan fingerprint density at radius 2 is 2.05 bits per heavy atom. The molecule has 0 bridgehead atoms. The molecule has 3 nitrogen and oxygen atoms in total. The Labute approximate surface area is 131 Å². The van der Waals surface area contributed by atoms with E-state index in [0.29, 0.717) is 11.1 Å². The van der Waals surface area contributed by atoms with Crippen LogP contribution in [-0.2, 0) is 0 Å². The van der Waals surface area contributed by atoms with Crippen molar-refractivity contribution in [3.8, 4) is 5.75 Å². The molecule has 0 aliphatic heterocycles. The van der Waals surface area contributed by atoms with Crippen LogP contribution < -0.4 is 10.1 Å². The van der Waals surface area contributed by atoms with Crippen LogP contribution in [-0.4, -0.2) is 13.0 Å². The van der Waals surface area contributed by atoms with E-state index in [0.717, 1.165) is 4.47 Å². The summed E-state index contributed by atoms with van der Waals surface area (Å²) in [7, 11) is 1.41. The predicted molar refractivity (Wildman–Crippen MR) is 83.0 cm³/mol. The second-order valence-electron chi connectivity index (χ2n) is 4.60. The smallest absolute Gasteiger partial charge is 0.251 e. The Morgan fingerprint density at radius 1 is 1.29 bits per heavy atom. The van der Waals surface area contributed by atoms with Crippen LogP contribution in [0.3, 0.4) is 0 Å². The number of nitrogens with one attached hydrogen (secondary N) is 1. The molecule has 2 rings (SSSR count). The van der Waals surface area contributed by atoms with Gasteiger partial charge in [-0.15, -0.1) is 0 Å². The summed E-state index contributed by atoms with van der Waals surface area (Å²) in [5.74, 6) is -0.470. The Hall–Kier alpha value is -1.88. The normalized spacial score (nSPS) is 11.8. The van der Waals surface area contributed by atoms with Crippen LogP contribution in [0.2, 0.25) is 0 Å². The number of benzene rings is 2. The van der Waals surface area contributed by atoms with Gasteiger partial charge in [-0.2, -0.15) is 0 Å². The summed E-state index contributed by atoms with van der Waals surface area (Å²) < 4.78 is 19.4. The van der Waals surface area contributed by atoms with E-state index in [1.807, 2.05) is 6.07 Å². The molecule has 0 unspecified atom stereocenters. The van der Waals surface area contributed by atoms with Crippen molar-refractivity contribution in [1.29, 1.82) is 0 Å². The van der Waals surface area contributed by atoms with Crippen LogP contribution in [0, 0.1) is 5.82 Å².